The van der Waals surface area contributed by atoms with Gasteiger partial charge in [-0.15, -0.1) is 0 Å². The molecular formula is C27H20Cl2N2O2. The van der Waals surface area contributed by atoms with Gasteiger partial charge in [0.25, 0.3) is 0 Å². The molecule has 6 rings (SSSR count). The van der Waals surface area contributed by atoms with E-state index in [1.165, 1.54) is 10.8 Å². The van der Waals surface area contributed by atoms with Gasteiger partial charge < -0.3 is 9.47 Å². The molecule has 33 heavy (non-hydrogen) atoms. The van der Waals surface area contributed by atoms with Crippen molar-refractivity contribution in [2.45, 2.75) is 18.7 Å². The van der Waals surface area contributed by atoms with Crippen LogP contribution in [0.1, 0.15) is 35.4 Å². The highest BCUT2D eigenvalue weighted by atomic mass is 35.5. The summed E-state index contributed by atoms with van der Waals surface area (Å²) in [4.78, 5) is 0. The van der Waals surface area contributed by atoms with E-state index in [1.807, 2.05) is 35.3 Å². The standard InChI is InChI=1S/C27H20Cl2N2O2/c1-32-25-9-5-4-8-20(25)27-31-24(21-13-19(28)14-22(29)26(21)33-27)15-23(30-31)18-11-10-16-6-2-3-7-17(16)12-18/h2-14,24,27H,15H2,1H3/t24-,27+/m0/s1. The summed E-state index contributed by atoms with van der Waals surface area (Å²) < 4.78 is 12.1. The summed E-state index contributed by atoms with van der Waals surface area (Å²) in [5, 5.41) is 10.5. The average Bonchev–Trinajstić information content (AvgIpc) is 3.29. The number of methoxy groups -OCH3 is 1. The first-order valence-corrected chi connectivity index (χ1v) is 11.5. The molecule has 0 unspecified atom stereocenters. The fourth-order valence-corrected chi connectivity index (χ4v) is 5.29. The minimum atomic E-state index is -0.477. The van der Waals surface area contributed by atoms with Crippen molar-refractivity contribution >= 4 is 39.7 Å². The van der Waals surface area contributed by atoms with Gasteiger partial charge in [0.1, 0.15) is 11.5 Å². The number of halogens is 2. The Morgan fingerprint density at radius 3 is 2.55 bits per heavy atom. The Morgan fingerprint density at radius 1 is 0.909 bits per heavy atom. The number of benzene rings is 4. The number of hydrazone groups is 1. The quantitative estimate of drug-likeness (QED) is 0.310. The Bertz CT molecular complexity index is 1420. The number of hydrogen-bond acceptors (Lipinski definition) is 4. The molecule has 0 radical (unpaired) electrons. The van der Waals surface area contributed by atoms with Gasteiger partial charge in [-0.05, 0) is 46.7 Å². The van der Waals surface area contributed by atoms with E-state index < -0.39 is 6.23 Å². The fourth-order valence-electron chi connectivity index (χ4n) is 4.73. The molecule has 0 aromatic heterocycles. The van der Waals surface area contributed by atoms with Gasteiger partial charge in [0.05, 0.1) is 29.4 Å². The van der Waals surface area contributed by atoms with E-state index in [0.717, 1.165) is 34.6 Å². The summed E-state index contributed by atoms with van der Waals surface area (Å²) in [6, 6.07) is 26.2. The van der Waals surface area contributed by atoms with Crippen LogP contribution in [0.5, 0.6) is 11.5 Å². The van der Waals surface area contributed by atoms with E-state index in [1.54, 1.807) is 13.2 Å². The highest BCUT2D eigenvalue weighted by Gasteiger charge is 2.43. The van der Waals surface area contributed by atoms with Crippen molar-refractivity contribution in [3.63, 3.8) is 0 Å². The lowest BCUT2D eigenvalue weighted by atomic mass is 9.95. The fraction of sp³-hybridized carbons (Fsp3) is 0.148. The SMILES string of the molecule is COc1ccccc1[C@H]1Oc2c(Cl)cc(Cl)cc2[C@@H]2CC(c3ccc4ccccc4c3)=NN12. The molecule has 4 aromatic rings. The topological polar surface area (TPSA) is 34.1 Å². The zero-order chi connectivity index (χ0) is 22.5. The third-order valence-electron chi connectivity index (χ3n) is 6.30. The molecule has 2 atom stereocenters. The van der Waals surface area contributed by atoms with Gasteiger partial charge in [-0.1, -0.05) is 71.7 Å². The van der Waals surface area contributed by atoms with Crippen LogP contribution in [-0.2, 0) is 0 Å². The summed E-state index contributed by atoms with van der Waals surface area (Å²) in [7, 11) is 1.66. The van der Waals surface area contributed by atoms with Crippen molar-refractivity contribution in [3.8, 4) is 11.5 Å². The van der Waals surface area contributed by atoms with Crippen molar-refractivity contribution in [1.82, 2.24) is 5.01 Å². The number of para-hydroxylation sites is 1. The second-order valence-corrected chi connectivity index (χ2v) is 9.07. The minimum Gasteiger partial charge on any atom is -0.496 e. The molecule has 2 aliphatic rings. The molecule has 0 aliphatic carbocycles. The Labute approximate surface area is 201 Å². The summed E-state index contributed by atoms with van der Waals surface area (Å²) in [5.41, 5.74) is 3.93. The lowest BCUT2D eigenvalue weighted by molar-refractivity contribution is -0.0202. The van der Waals surface area contributed by atoms with Gasteiger partial charge in [0.2, 0.25) is 6.23 Å². The van der Waals surface area contributed by atoms with Crippen LogP contribution in [0.4, 0.5) is 0 Å². The van der Waals surface area contributed by atoms with Crippen molar-refractivity contribution in [2.75, 3.05) is 7.11 Å². The maximum absolute atomic E-state index is 6.59. The van der Waals surface area contributed by atoms with Gasteiger partial charge in [0.15, 0.2) is 0 Å². The molecule has 0 saturated heterocycles. The van der Waals surface area contributed by atoms with E-state index in [-0.39, 0.29) is 6.04 Å². The lowest BCUT2D eigenvalue weighted by Gasteiger charge is -2.39. The number of hydrogen-bond donors (Lipinski definition) is 0. The molecule has 0 bridgehead atoms. The van der Waals surface area contributed by atoms with Gasteiger partial charge in [-0.2, -0.15) is 5.10 Å². The van der Waals surface area contributed by atoms with Crippen molar-refractivity contribution in [2.24, 2.45) is 5.10 Å². The van der Waals surface area contributed by atoms with E-state index in [4.69, 9.17) is 37.8 Å². The molecule has 4 aromatic carbocycles. The molecule has 0 N–H and O–H groups in total. The first-order valence-electron chi connectivity index (χ1n) is 10.8. The molecule has 0 saturated carbocycles. The van der Waals surface area contributed by atoms with Crippen LogP contribution in [-0.4, -0.2) is 17.8 Å². The molecular weight excluding hydrogens is 455 g/mol. The summed E-state index contributed by atoms with van der Waals surface area (Å²) in [5.74, 6) is 1.39. The molecule has 0 spiro atoms. The Balaban J connectivity index is 1.49. The van der Waals surface area contributed by atoms with E-state index in [9.17, 15) is 0 Å². The van der Waals surface area contributed by atoms with Crippen LogP contribution in [0.25, 0.3) is 10.8 Å². The summed E-state index contributed by atoms with van der Waals surface area (Å²) >= 11 is 13.0. The van der Waals surface area contributed by atoms with Gasteiger partial charge in [-0.3, -0.25) is 0 Å². The number of ether oxygens (including phenoxy) is 2. The number of rotatable bonds is 3. The summed E-state index contributed by atoms with van der Waals surface area (Å²) in [6.07, 6.45) is 0.243. The zero-order valence-corrected chi connectivity index (χ0v) is 19.3. The van der Waals surface area contributed by atoms with E-state index in [0.29, 0.717) is 15.8 Å². The molecule has 0 fully saturated rings. The van der Waals surface area contributed by atoms with Gasteiger partial charge >= 0.3 is 0 Å². The van der Waals surface area contributed by atoms with Crippen LogP contribution in [0.2, 0.25) is 10.0 Å². The normalized spacial score (nSPS) is 19.0. The largest absolute Gasteiger partial charge is 0.496 e. The lowest BCUT2D eigenvalue weighted by Crippen LogP contribution is -2.34. The Morgan fingerprint density at radius 2 is 1.70 bits per heavy atom. The van der Waals surface area contributed by atoms with Crippen LogP contribution in [0, 0.1) is 0 Å². The maximum Gasteiger partial charge on any atom is 0.217 e. The van der Waals surface area contributed by atoms with Crippen molar-refractivity contribution in [1.29, 1.82) is 0 Å². The molecule has 4 nitrogen and oxygen atoms in total. The number of fused-ring (bicyclic) bond motifs is 4. The second kappa shape index (κ2) is 7.98. The zero-order valence-electron chi connectivity index (χ0n) is 17.8. The smallest absolute Gasteiger partial charge is 0.217 e. The summed E-state index contributed by atoms with van der Waals surface area (Å²) in [6.45, 7) is 0. The highest BCUT2D eigenvalue weighted by Crippen LogP contribution is 2.51. The Hall–Kier alpha value is -3.21. The predicted octanol–water partition coefficient (Wildman–Crippen LogP) is 7.40. The van der Waals surface area contributed by atoms with Gasteiger partial charge in [-0.25, -0.2) is 5.01 Å². The van der Waals surface area contributed by atoms with E-state index >= 15 is 0 Å². The molecule has 0 amide bonds. The van der Waals surface area contributed by atoms with Crippen LogP contribution in [0.3, 0.4) is 0 Å². The third kappa shape index (κ3) is 3.41. The highest BCUT2D eigenvalue weighted by molar-refractivity contribution is 6.35. The maximum atomic E-state index is 6.59. The third-order valence-corrected chi connectivity index (χ3v) is 6.79. The van der Waals surface area contributed by atoms with E-state index in [2.05, 4.69) is 42.5 Å². The molecule has 164 valence electrons. The molecule has 2 aliphatic heterocycles. The average molecular weight is 475 g/mol. The Kier molecular flexibility index (Phi) is 4.93. The monoisotopic (exact) mass is 474 g/mol. The van der Waals surface area contributed by atoms with Crippen molar-refractivity contribution < 1.29 is 9.47 Å². The first-order chi connectivity index (χ1) is 16.1. The predicted molar refractivity (Wildman–Crippen MR) is 133 cm³/mol. The first kappa shape index (κ1) is 20.4. The van der Waals surface area contributed by atoms with Crippen LogP contribution < -0.4 is 9.47 Å². The van der Waals surface area contributed by atoms with Crippen LogP contribution in [0.15, 0.2) is 84.0 Å². The van der Waals surface area contributed by atoms with Crippen molar-refractivity contribution in [3.05, 3.63) is 106 Å². The van der Waals surface area contributed by atoms with Gasteiger partial charge in [0, 0.05) is 17.0 Å². The van der Waals surface area contributed by atoms with Crippen LogP contribution >= 0.6 is 23.2 Å². The number of nitrogens with zero attached hydrogens (tertiary/aromatic N) is 2. The molecule has 6 heteroatoms. The second-order valence-electron chi connectivity index (χ2n) is 8.23. The minimum absolute atomic E-state index is 0.0543. The molecule has 2 heterocycles.